The molecule has 1 N–H and O–H groups in total. The molecule has 0 radical (unpaired) electrons. The highest BCUT2D eigenvalue weighted by Gasteiger charge is 2.44. The van der Waals surface area contributed by atoms with E-state index in [2.05, 4.69) is 113 Å². The maximum absolute atomic E-state index is 7.62. The van der Waals surface area contributed by atoms with Crippen molar-refractivity contribution in [2.75, 3.05) is 10.2 Å². The van der Waals surface area contributed by atoms with Crippen molar-refractivity contribution in [1.29, 1.82) is 0 Å². The molecule has 6 aromatic rings. The first-order valence-electron chi connectivity index (χ1n) is 14.5. The zero-order chi connectivity index (χ0) is 28.7. The van der Waals surface area contributed by atoms with Crippen LogP contribution in [0.15, 0.2) is 121 Å². The van der Waals surface area contributed by atoms with E-state index < -0.39 is 0 Å². The van der Waals surface area contributed by atoms with E-state index in [4.69, 9.17) is 11.3 Å². The molecule has 0 saturated heterocycles. The Morgan fingerprint density at radius 2 is 1.47 bits per heavy atom. The minimum atomic E-state index is 0.0221. The van der Waals surface area contributed by atoms with Gasteiger partial charge in [0, 0.05) is 22.6 Å². The number of aryl methyl sites for hydroxylation is 1. The molecule has 0 atom stereocenters. The number of fused-ring (bicyclic) bond motifs is 6. The van der Waals surface area contributed by atoms with Crippen LogP contribution in [-0.4, -0.2) is 6.71 Å². The molecule has 0 aromatic heterocycles. The molecule has 5 heteroatoms. The van der Waals surface area contributed by atoms with E-state index in [0.29, 0.717) is 5.69 Å². The number of anilines is 5. The summed E-state index contributed by atoms with van der Waals surface area (Å²) in [6.45, 7) is 9.81. The molecule has 0 saturated carbocycles. The normalized spacial score (nSPS) is 13.0. The molecule has 3 aliphatic heterocycles. The smallest absolute Gasteiger partial charge is 0.252 e. The zero-order valence-corrected chi connectivity index (χ0v) is 23.4. The summed E-state index contributed by atoms with van der Waals surface area (Å²) >= 11 is 0. The first-order valence-corrected chi connectivity index (χ1v) is 14.5. The van der Waals surface area contributed by atoms with Gasteiger partial charge < -0.3 is 15.0 Å². The highest BCUT2D eigenvalue weighted by Crippen LogP contribution is 2.52. The molecular weight excluding hydrogens is 525 g/mol. The van der Waals surface area contributed by atoms with Crippen LogP contribution < -0.4 is 31.3 Å². The number of rotatable bonds is 2. The molecule has 3 heterocycles. The van der Waals surface area contributed by atoms with Crippen molar-refractivity contribution >= 4 is 57.2 Å². The van der Waals surface area contributed by atoms with Crippen molar-refractivity contribution < 1.29 is 4.74 Å². The summed E-state index contributed by atoms with van der Waals surface area (Å²) in [4.78, 5) is 6.09. The van der Waals surface area contributed by atoms with E-state index in [1.807, 2.05) is 30.3 Å². The van der Waals surface area contributed by atoms with Crippen molar-refractivity contribution in [1.82, 2.24) is 0 Å². The van der Waals surface area contributed by atoms with Gasteiger partial charge in [-0.1, -0.05) is 84.9 Å². The van der Waals surface area contributed by atoms with Crippen molar-refractivity contribution in [3.05, 3.63) is 138 Å². The maximum Gasteiger partial charge on any atom is 0.252 e. The number of hydrogen-bond acceptors (Lipinski definition) is 3. The molecule has 0 amide bonds. The monoisotopic (exact) mass is 549 g/mol. The van der Waals surface area contributed by atoms with E-state index in [1.165, 1.54) is 33.1 Å². The fraction of sp³-hybridized carbons (Fsp3) is 0.0263. The molecule has 0 fully saturated rings. The number of nitrogens with zero attached hydrogens (tertiary/aromatic N) is 2. The first kappa shape index (κ1) is 23.9. The summed E-state index contributed by atoms with van der Waals surface area (Å²) < 4.78 is 6.53. The van der Waals surface area contributed by atoms with Gasteiger partial charge in [-0.15, -0.1) is 0 Å². The van der Waals surface area contributed by atoms with E-state index in [1.54, 1.807) is 0 Å². The van der Waals surface area contributed by atoms with Gasteiger partial charge in [0.15, 0.2) is 17.2 Å². The lowest BCUT2D eigenvalue weighted by atomic mass is 9.33. The number of nitrogens with one attached hydrogen (secondary N) is 1. The maximum atomic E-state index is 7.62. The van der Waals surface area contributed by atoms with Crippen LogP contribution in [0.3, 0.4) is 0 Å². The summed E-state index contributed by atoms with van der Waals surface area (Å²) in [7, 11) is 0. The van der Waals surface area contributed by atoms with Gasteiger partial charge in [-0.05, 0) is 82.0 Å². The quantitative estimate of drug-likeness (QED) is 0.174. The van der Waals surface area contributed by atoms with Gasteiger partial charge in [-0.2, -0.15) is 0 Å². The number of ether oxygens (including phenoxy) is 1. The summed E-state index contributed by atoms with van der Waals surface area (Å²) in [5, 5.41) is 3.93. The Morgan fingerprint density at radius 3 is 2.37 bits per heavy atom. The van der Waals surface area contributed by atoms with Gasteiger partial charge in [0.1, 0.15) is 0 Å². The van der Waals surface area contributed by atoms with Crippen LogP contribution in [-0.2, 0) is 0 Å². The lowest BCUT2D eigenvalue weighted by Gasteiger charge is -2.44. The third kappa shape index (κ3) is 3.38. The van der Waals surface area contributed by atoms with Crippen LogP contribution in [0.25, 0.3) is 27.1 Å². The first-order chi connectivity index (χ1) is 21.2. The van der Waals surface area contributed by atoms with Crippen LogP contribution in [0.5, 0.6) is 11.5 Å². The third-order valence-corrected chi connectivity index (χ3v) is 8.99. The molecule has 0 unspecified atom stereocenters. The average molecular weight is 549 g/mol. The summed E-state index contributed by atoms with van der Waals surface area (Å²) in [6, 6.07) is 42.4. The molecule has 0 aliphatic carbocycles. The topological polar surface area (TPSA) is 28.9 Å². The fourth-order valence-corrected chi connectivity index (χ4v) is 7.13. The van der Waals surface area contributed by atoms with E-state index in [9.17, 15) is 0 Å². The van der Waals surface area contributed by atoms with Crippen LogP contribution >= 0.6 is 0 Å². The van der Waals surface area contributed by atoms with E-state index in [0.717, 1.165) is 51.1 Å². The highest BCUT2D eigenvalue weighted by atomic mass is 16.5. The standard InChI is InChI=1S/C38H24BN3O/c1-23-10-3-4-13-27(23)28-14-8-15-29-37(28)41-31-21-25(24-11-7-12-26(20-24)40-2)22-33-36(31)39(29)30-16-9-19-35-38(30)42(33)32-17-5-6-18-34(32)43-35/h3-22,41H,1H3. The highest BCUT2D eigenvalue weighted by molar-refractivity contribution is 7.00. The zero-order valence-electron chi connectivity index (χ0n) is 23.4. The number of hydrogen-bond donors (Lipinski definition) is 1. The van der Waals surface area contributed by atoms with Gasteiger partial charge in [0.25, 0.3) is 6.71 Å². The van der Waals surface area contributed by atoms with Crippen molar-refractivity contribution in [3.63, 3.8) is 0 Å². The second-order valence-corrected chi connectivity index (χ2v) is 11.4. The van der Waals surface area contributed by atoms with Gasteiger partial charge in [-0.25, -0.2) is 4.85 Å². The van der Waals surface area contributed by atoms with Crippen molar-refractivity contribution in [2.24, 2.45) is 0 Å². The summed E-state index contributed by atoms with van der Waals surface area (Å²) in [6.07, 6.45) is 0. The van der Waals surface area contributed by atoms with Crippen LogP contribution in [0.4, 0.5) is 34.1 Å². The summed E-state index contributed by atoms with van der Waals surface area (Å²) in [5.74, 6) is 1.70. The van der Waals surface area contributed by atoms with Gasteiger partial charge in [-0.3, -0.25) is 0 Å². The third-order valence-electron chi connectivity index (χ3n) is 8.99. The molecule has 3 aliphatic rings. The second kappa shape index (κ2) is 8.89. The predicted molar refractivity (Wildman–Crippen MR) is 177 cm³/mol. The molecule has 200 valence electrons. The Kier molecular flexibility index (Phi) is 4.94. The van der Waals surface area contributed by atoms with Crippen LogP contribution in [0.1, 0.15) is 5.56 Å². The molecule has 4 nitrogen and oxygen atoms in total. The van der Waals surface area contributed by atoms with Crippen molar-refractivity contribution in [2.45, 2.75) is 6.92 Å². The SMILES string of the molecule is [C-]#[N+]c1cccc(-c2cc3c4c(c2)N2c5ccccc5Oc5cccc(c52)B4c2cccc(-c4ccccc4C)c2N3)c1. The fourth-order valence-electron chi connectivity index (χ4n) is 7.13. The lowest BCUT2D eigenvalue weighted by molar-refractivity contribution is 0.477. The Bertz CT molecular complexity index is 2200. The van der Waals surface area contributed by atoms with Crippen LogP contribution in [0, 0.1) is 13.5 Å². The Labute approximate surface area is 250 Å². The minimum absolute atomic E-state index is 0.0221. The van der Waals surface area contributed by atoms with E-state index >= 15 is 0 Å². The molecule has 6 aromatic carbocycles. The molecular formula is C38H24BN3O. The molecule has 9 rings (SSSR count). The lowest BCUT2D eigenvalue weighted by Crippen LogP contribution is -2.60. The number of para-hydroxylation sites is 4. The Hall–Kier alpha value is -5.73. The predicted octanol–water partition coefficient (Wildman–Crippen LogP) is 8.34. The number of benzene rings is 6. The largest absolute Gasteiger partial charge is 0.453 e. The van der Waals surface area contributed by atoms with E-state index in [-0.39, 0.29) is 6.71 Å². The molecule has 0 spiro atoms. The molecule has 43 heavy (non-hydrogen) atoms. The van der Waals surface area contributed by atoms with Crippen molar-refractivity contribution in [3.8, 4) is 33.8 Å². The molecule has 0 bridgehead atoms. The van der Waals surface area contributed by atoms with Crippen LogP contribution in [0.2, 0.25) is 0 Å². The minimum Gasteiger partial charge on any atom is -0.453 e. The van der Waals surface area contributed by atoms with Gasteiger partial charge in [0.05, 0.1) is 17.9 Å². The summed E-state index contributed by atoms with van der Waals surface area (Å²) in [5.41, 5.74) is 15.6. The Morgan fingerprint density at radius 1 is 0.698 bits per heavy atom. The second-order valence-electron chi connectivity index (χ2n) is 11.4. The van der Waals surface area contributed by atoms with Gasteiger partial charge >= 0.3 is 0 Å². The Balaban J connectivity index is 1.37. The van der Waals surface area contributed by atoms with Gasteiger partial charge in [0.2, 0.25) is 0 Å². The average Bonchev–Trinajstić information content (AvgIpc) is 3.05.